The number of hydrogen-bond acceptors (Lipinski definition) is 5. The molecule has 0 aliphatic heterocycles. The number of benzene rings is 2. The SMILES string of the molecule is CNC(=O)c1c(OCc2ccccc2)c(=O)cc(CCS(=O)(=O)c2ccc(Cl)cc2)n1C. The molecule has 168 valence electrons. The van der Waals surface area contributed by atoms with Crippen molar-refractivity contribution >= 4 is 27.3 Å². The molecule has 0 atom stereocenters. The Hall–Kier alpha value is -3.10. The smallest absolute Gasteiger partial charge is 0.271 e. The fourth-order valence-corrected chi connectivity index (χ4v) is 4.60. The number of rotatable bonds is 8. The largest absolute Gasteiger partial charge is 0.483 e. The summed E-state index contributed by atoms with van der Waals surface area (Å²) in [5, 5.41) is 2.95. The summed E-state index contributed by atoms with van der Waals surface area (Å²) in [6.07, 6.45) is 0.0413. The molecular formula is C23H23ClN2O5S. The highest BCUT2D eigenvalue weighted by atomic mass is 35.5. The van der Waals surface area contributed by atoms with Crippen molar-refractivity contribution in [1.82, 2.24) is 9.88 Å². The van der Waals surface area contributed by atoms with Crippen molar-refractivity contribution in [2.45, 2.75) is 17.9 Å². The number of ether oxygens (including phenoxy) is 1. The van der Waals surface area contributed by atoms with E-state index in [2.05, 4.69) is 5.32 Å². The van der Waals surface area contributed by atoms with Gasteiger partial charge in [0, 0.05) is 37.3 Å². The Bertz CT molecular complexity index is 1270. The van der Waals surface area contributed by atoms with Gasteiger partial charge in [-0.05, 0) is 29.8 Å². The Morgan fingerprint density at radius 3 is 2.38 bits per heavy atom. The van der Waals surface area contributed by atoms with E-state index in [1.807, 2.05) is 30.3 Å². The number of sulfone groups is 1. The van der Waals surface area contributed by atoms with Gasteiger partial charge in [0.2, 0.25) is 5.43 Å². The van der Waals surface area contributed by atoms with Crippen LogP contribution in [0.2, 0.25) is 5.02 Å². The van der Waals surface area contributed by atoms with E-state index >= 15 is 0 Å². The average Bonchev–Trinajstić information content (AvgIpc) is 2.78. The lowest BCUT2D eigenvalue weighted by atomic mass is 10.2. The highest BCUT2D eigenvalue weighted by Crippen LogP contribution is 2.20. The Morgan fingerprint density at radius 1 is 1.09 bits per heavy atom. The van der Waals surface area contributed by atoms with Crippen molar-refractivity contribution in [3.63, 3.8) is 0 Å². The highest BCUT2D eigenvalue weighted by molar-refractivity contribution is 7.91. The molecule has 0 saturated heterocycles. The summed E-state index contributed by atoms with van der Waals surface area (Å²) in [6, 6.07) is 16.5. The molecule has 3 rings (SSSR count). The van der Waals surface area contributed by atoms with Crippen molar-refractivity contribution in [2.24, 2.45) is 7.05 Å². The van der Waals surface area contributed by atoms with Gasteiger partial charge >= 0.3 is 0 Å². The molecule has 0 aliphatic carbocycles. The number of halogens is 1. The third kappa shape index (κ3) is 5.38. The third-order valence-electron chi connectivity index (χ3n) is 4.97. The van der Waals surface area contributed by atoms with E-state index in [0.717, 1.165) is 5.56 Å². The molecule has 1 aromatic heterocycles. The highest BCUT2D eigenvalue weighted by Gasteiger charge is 2.22. The van der Waals surface area contributed by atoms with E-state index in [1.165, 1.54) is 41.9 Å². The van der Waals surface area contributed by atoms with Gasteiger partial charge in [-0.1, -0.05) is 41.9 Å². The molecule has 1 N–H and O–H groups in total. The monoisotopic (exact) mass is 474 g/mol. The van der Waals surface area contributed by atoms with Gasteiger partial charge in [-0.2, -0.15) is 0 Å². The van der Waals surface area contributed by atoms with Gasteiger partial charge < -0.3 is 14.6 Å². The van der Waals surface area contributed by atoms with Crippen LogP contribution in [0.25, 0.3) is 0 Å². The summed E-state index contributed by atoms with van der Waals surface area (Å²) in [5.41, 5.74) is 0.792. The fourth-order valence-electron chi connectivity index (χ4n) is 3.21. The lowest BCUT2D eigenvalue weighted by molar-refractivity contribution is 0.0948. The first-order chi connectivity index (χ1) is 15.2. The van der Waals surface area contributed by atoms with Crippen LogP contribution < -0.4 is 15.5 Å². The number of carbonyl (C=O) groups is 1. The number of aryl methyl sites for hydroxylation is 1. The number of hydrogen-bond donors (Lipinski definition) is 1. The average molecular weight is 475 g/mol. The van der Waals surface area contributed by atoms with Crippen LogP contribution in [0.4, 0.5) is 0 Å². The van der Waals surface area contributed by atoms with Crippen LogP contribution in [0.3, 0.4) is 0 Å². The van der Waals surface area contributed by atoms with Crippen LogP contribution in [0.5, 0.6) is 5.75 Å². The van der Waals surface area contributed by atoms with Crippen molar-refractivity contribution in [3.05, 3.63) is 92.9 Å². The molecule has 0 spiro atoms. The van der Waals surface area contributed by atoms with Crippen LogP contribution in [-0.2, 0) is 29.9 Å². The second-order valence-corrected chi connectivity index (χ2v) is 9.66. The van der Waals surface area contributed by atoms with Gasteiger partial charge in [0.05, 0.1) is 10.6 Å². The van der Waals surface area contributed by atoms with Crippen molar-refractivity contribution in [2.75, 3.05) is 12.8 Å². The van der Waals surface area contributed by atoms with Crippen molar-refractivity contribution in [3.8, 4) is 5.75 Å². The van der Waals surface area contributed by atoms with Gasteiger partial charge in [-0.25, -0.2) is 8.42 Å². The molecule has 0 fully saturated rings. The standard InChI is InChI=1S/C23H23ClN2O5S/c1-25-23(28)21-22(31-15-16-6-4-3-5-7-16)20(27)14-18(26(21)2)12-13-32(29,30)19-10-8-17(24)9-11-19/h3-11,14H,12-13,15H2,1-2H3,(H,25,28). The molecule has 0 aliphatic rings. The van der Waals surface area contributed by atoms with E-state index in [1.54, 1.807) is 7.05 Å². The van der Waals surface area contributed by atoms with Crippen LogP contribution in [0, 0.1) is 0 Å². The second kappa shape index (κ2) is 10.0. The van der Waals surface area contributed by atoms with Gasteiger partial charge in [0.1, 0.15) is 6.61 Å². The second-order valence-electron chi connectivity index (χ2n) is 7.11. The number of nitrogens with zero attached hydrogens (tertiary/aromatic N) is 1. The predicted octanol–water partition coefficient (Wildman–Crippen LogP) is 2.99. The summed E-state index contributed by atoms with van der Waals surface area (Å²) in [6.45, 7) is 0.115. The fraction of sp³-hybridized carbons (Fsp3) is 0.217. The first-order valence-corrected chi connectivity index (χ1v) is 11.9. The maximum Gasteiger partial charge on any atom is 0.271 e. The molecule has 1 heterocycles. The van der Waals surface area contributed by atoms with Gasteiger partial charge in [0.15, 0.2) is 21.3 Å². The van der Waals surface area contributed by atoms with Crippen molar-refractivity contribution in [1.29, 1.82) is 0 Å². The number of pyridine rings is 1. The minimum absolute atomic E-state index is 0.0369. The molecule has 32 heavy (non-hydrogen) atoms. The zero-order valence-corrected chi connectivity index (χ0v) is 19.2. The summed E-state index contributed by atoms with van der Waals surface area (Å²) in [4.78, 5) is 25.5. The van der Waals surface area contributed by atoms with E-state index in [9.17, 15) is 18.0 Å². The minimum Gasteiger partial charge on any atom is -0.483 e. The molecule has 7 nitrogen and oxygen atoms in total. The maximum absolute atomic E-state index is 12.8. The van der Waals surface area contributed by atoms with Crippen LogP contribution in [-0.4, -0.2) is 31.7 Å². The van der Waals surface area contributed by atoms with E-state index < -0.39 is 21.2 Å². The lowest BCUT2D eigenvalue weighted by Gasteiger charge is -2.18. The van der Waals surface area contributed by atoms with E-state index in [-0.39, 0.29) is 35.1 Å². The Balaban J connectivity index is 1.90. The van der Waals surface area contributed by atoms with Gasteiger partial charge in [-0.15, -0.1) is 0 Å². The van der Waals surface area contributed by atoms with Crippen LogP contribution in [0.15, 0.2) is 70.4 Å². The predicted molar refractivity (Wildman–Crippen MR) is 123 cm³/mol. The van der Waals surface area contributed by atoms with Crippen LogP contribution in [0.1, 0.15) is 21.7 Å². The molecular weight excluding hydrogens is 452 g/mol. The topological polar surface area (TPSA) is 94.5 Å². The number of carbonyl (C=O) groups excluding carboxylic acids is 1. The normalized spacial score (nSPS) is 11.2. The zero-order valence-electron chi connectivity index (χ0n) is 17.7. The molecule has 0 bridgehead atoms. The number of aromatic nitrogens is 1. The molecule has 9 heteroatoms. The molecule has 1 amide bonds. The van der Waals surface area contributed by atoms with Gasteiger partial charge in [-0.3, -0.25) is 9.59 Å². The summed E-state index contributed by atoms with van der Waals surface area (Å²) >= 11 is 5.83. The zero-order chi connectivity index (χ0) is 23.3. The Labute approximate surface area is 191 Å². The number of nitrogens with one attached hydrogen (secondary N) is 1. The lowest BCUT2D eigenvalue weighted by Crippen LogP contribution is -2.29. The van der Waals surface area contributed by atoms with E-state index in [0.29, 0.717) is 10.7 Å². The molecule has 2 aromatic carbocycles. The molecule has 0 radical (unpaired) electrons. The molecule has 0 saturated carbocycles. The van der Waals surface area contributed by atoms with Crippen molar-refractivity contribution < 1.29 is 17.9 Å². The third-order valence-corrected chi connectivity index (χ3v) is 6.95. The van der Waals surface area contributed by atoms with Crippen LogP contribution >= 0.6 is 11.6 Å². The summed E-state index contributed by atoms with van der Waals surface area (Å²) < 4.78 is 32.6. The Morgan fingerprint density at radius 2 is 1.75 bits per heavy atom. The first kappa shape index (κ1) is 23.6. The molecule has 0 unspecified atom stereocenters. The first-order valence-electron chi connectivity index (χ1n) is 9.83. The van der Waals surface area contributed by atoms with Gasteiger partial charge in [0.25, 0.3) is 5.91 Å². The quantitative estimate of drug-likeness (QED) is 0.541. The van der Waals surface area contributed by atoms with E-state index in [4.69, 9.17) is 16.3 Å². The molecule has 3 aromatic rings. The Kier molecular flexibility index (Phi) is 7.37. The summed E-state index contributed by atoms with van der Waals surface area (Å²) in [7, 11) is -0.555. The maximum atomic E-state index is 12.8. The minimum atomic E-state index is -3.61. The summed E-state index contributed by atoms with van der Waals surface area (Å²) in [5.74, 6) is -0.825. The number of amides is 1.